The zero-order valence-corrected chi connectivity index (χ0v) is 13.2. The number of nitrogens with zero attached hydrogens (tertiary/aromatic N) is 1. The maximum Gasteiger partial charge on any atom is 0.270 e. The van der Waals surface area contributed by atoms with Gasteiger partial charge in [0.2, 0.25) is 0 Å². The van der Waals surface area contributed by atoms with Gasteiger partial charge in [-0.05, 0) is 24.8 Å². The number of hydrogen-bond donors (Lipinski definition) is 2. The Morgan fingerprint density at radius 2 is 2.05 bits per heavy atom. The molecule has 1 saturated carbocycles. The van der Waals surface area contributed by atoms with E-state index in [9.17, 15) is 14.9 Å². The van der Waals surface area contributed by atoms with E-state index in [4.69, 9.17) is 5.73 Å². The smallest absolute Gasteiger partial charge is 0.270 e. The standard InChI is InChI=1S/C15H21N3O3.ClH/c16-10-14(11-5-2-1-3-6-11)17-15(19)12-7-4-8-13(9-12)18(20)21;/h4,7-9,11,14H,1-3,5-6,10,16H2,(H,17,19);1H. The van der Waals surface area contributed by atoms with Gasteiger partial charge in [0.1, 0.15) is 0 Å². The third kappa shape index (κ3) is 4.68. The molecule has 1 aliphatic carbocycles. The van der Waals surface area contributed by atoms with Gasteiger partial charge in [-0.25, -0.2) is 0 Å². The number of nitrogens with two attached hydrogens (primary N) is 1. The monoisotopic (exact) mass is 327 g/mol. The number of rotatable bonds is 5. The van der Waals surface area contributed by atoms with Gasteiger partial charge in [0.15, 0.2) is 0 Å². The highest BCUT2D eigenvalue weighted by atomic mass is 35.5. The lowest BCUT2D eigenvalue weighted by Gasteiger charge is -2.30. The number of carbonyl (C=O) groups is 1. The third-order valence-electron chi connectivity index (χ3n) is 4.11. The first-order chi connectivity index (χ1) is 10.1. The van der Waals surface area contributed by atoms with Crippen molar-refractivity contribution in [3.05, 3.63) is 39.9 Å². The molecule has 1 fully saturated rings. The van der Waals surface area contributed by atoms with E-state index in [-0.39, 0.29) is 30.0 Å². The highest BCUT2D eigenvalue weighted by Crippen LogP contribution is 2.26. The Labute approximate surface area is 136 Å². The van der Waals surface area contributed by atoms with E-state index in [0.717, 1.165) is 12.8 Å². The van der Waals surface area contributed by atoms with Gasteiger partial charge in [0, 0.05) is 30.3 Å². The van der Waals surface area contributed by atoms with Crippen LogP contribution >= 0.6 is 12.4 Å². The average molecular weight is 328 g/mol. The molecule has 2 rings (SSSR count). The van der Waals surface area contributed by atoms with E-state index in [1.54, 1.807) is 6.07 Å². The van der Waals surface area contributed by atoms with Crippen molar-refractivity contribution in [3.63, 3.8) is 0 Å². The number of carbonyl (C=O) groups excluding carboxylic acids is 1. The summed E-state index contributed by atoms with van der Waals surface area (Å²) in [5.41, 5.74) is 6.01. The summed E-state index contributed by atoms with van der Waals surface area (Å²) in [4.78, 5) is 22.5. The summed E-state index contributed by atoms with van der Waals surface area (Å²) in [5.74, 6) is 0.117. The van der Waals surface area contributed by atoms with Gasteiger partial charge in [-0.1, -0.05) is 25.3 Å². The Morgan fingerprint density at radius 1 is 1.36 bits per heavy atom. The first kappa shape index (κ1) is 18.4. The summed E-state index contributed by atoms with van der Waals surface area (Å²) in [6.45, 7) is 0.394. The number of nitro benzene ring substituents is 1. The van der Waals surface area contributed by atoms with Crippen LogP contribution in [0.3, 0.4) is 0 Å². The number of hydrogen-bond acceptors (Lipinski definition) is 4. The van der Waals surface area contributed by atoms with E-state index in [1.165, 1.54) is 37.5 Å². The summed E-state index contributed by atoms with van der Waals surface area (Å²) in [7, 11) is 0. The van der Waals surface area contributed by atoms with Crippen LogP contribution in [0.15, 0.2) is 24.3 Å². The maximum atomic E-state index is 12.2. The molecule has 22 heavy (non-hydrogen) atoms. The number of nitro groups is 1. The zero-order valence-electron chi connectivity index (χ0n) is 12.4. The predicted octanol–water partition coefficient (Wildman–Crippen LogP) is 2.65. The molecule has 3 N–H and O–H groups in total. The van der Waals surface area contributed by atoms with E-state index >= 15 is 0 Å². The van der Waals surface area contributed by atoms with Crippen molar-refractivity contribution in [2.75, 3.05) is 6.54 Å². The quantitative estimate of drug-likeness (QED) is 0.641. The molecule has 6 nitrogen and oxygen atoms in total. The highest BCUT2D eigenvalue weighted by Gasteiger charge is 2.24. The lowest BCUT2D eigenvalue weighted by Crippen LogP contribution is -2.45. The van der Waals surface area contributed by atoms with Crippen LogP contribution in [-0.4, -0.2) is 23.4 Å². The lowest BCUT2D eigenvalue weighted by molar-refractivity contribution is -0.384. The molecule has 122 valence electrons. The van der Waals surface area contributed by atoms with Crippen molar-refractivity contribution in [2.24, 2.45) is 11.7 Å². The van der Waals surface area contributed by atoms with E-state index in [0.29, 0.717) is 18.0 Å². The minimum Gasteiger partial charge on any atom is -0.348 e. The predicted molar refractivity (Wildman–Crippen MR) is 87.2 cm³/mol. The maximum absolute atomic E-state index is 12.2. The van der Waals surface area contributed by atoms with Crippen molar-refractivity contribution in [3.8, 4) is 0 Å². The summed E-state index contributed by atoms with van der Waals surface area (Å²) in [6.07, 6.45) is 5.75. The molecule has 7 heteroatoms. The fraction of sp³-hybridized carbons (Fsp3) is 0.533. The zero-order chi connectivity index (χ0) is 15.2. The van der Waals surface area contributed by atoms with Crippen LogP contribution in [0, 0.1) is 16.0 Å². The van der Waals surface area contributed by atoms with Gasteiger partial charge in [-0.15, -0.1) is 12.4 Å². The molecule has 1 aromatic carbocycles. The molecule has 0 aromatic heterocycles. The first-order valence-corrected chi connectivity index (χ1v) is 7.37. The van der Waals surface area contributed by atoms with Crippen LogP contribution in [0.5, 0.6) is 0 Å². The SMILES string of the molecule is Cl.NCC(NC(=O)c1cccc([N+](=O)[O-])c1)C1CCCCC1. The Kier molecular flexibility index (Phi) is 7.27. The molecule has 0 bridgehead atoms. The Bertz CT molecular complexity index is 519. The number of halogens is 1. The first-order valence-electron chi connectivity index (χ1n) is 7.37. The summed E-state index contributed by atoms with van der Waals surface area (Å²) < 4.78 is 0. The highest BCUT2D eigenvalue weighted by molar-refractivity contribution is 5.95. The molecule has 1 unspecified atom stereocenters. The minimum absolute atomic E-state index is 0. The molecule has 0 spiro atoms. The second-order valence-corrected chi connectivity index (χ2v) is 5.52. The van der Waals surface area contributed by atoms with Crippen LogP contribution in [-0.2, 0) is 0 Å². The van der Waals surface area contributed by atoms with Gasteiger partial charge in [-0.2, -0.15) is 0 Å². The number of non-ortho nitro benzene ring substituents is 1. The summed E-state index contributed by atoms with van der Waals surface area (Å²) in [6, 6.07) is 5.71. The fourth-order valence-corrected chi connectivity index (χ4v) is 2.92. The number of nitrogens with one attached hydrogen (secondary N) is 1. The van der Waals surface area contributed by atoms with E-state index < -0.39 is 4.92 Å². The lowest BCUT2D eigenvalue weighted by atomic mass is 9.84. The van der Waals surface area contributed by atoms with Gasteiger partial charge >= 0.3 is 0 Å². The van der Waals surface area contributed by atoms with Crippen molar-refractivity contribution < 1.29 is 9.72 Å². The van der Waals surface area contributed by atoms with E-state index in [2.05, 4.69) is 5.32 Å². The van der Waals surface area contributed by atoms with Gasteiger partial charge < -0.3 is 11.1 Å². The van der Waals surface area contributed by atoms with Crippen LogP contribution < -0.4 is 11.1 Å². The Hall–Kier alpha value is -1.66. The minimum atomic E-state index is -0.502. The molecule has 1 aromatic rings. The van der Waals surface area contributed by atoms with Gasteiger partial charge in [0.05, 0.1) is 4.92 Å². The van der Waals surface area contributed by atoms with E-state index in [1.807, 2.05) is 0 Å². The second-order valence-electron chi connectivity index (χ2n) is 5.52. The fourth-order valence-electron chi connectivity index (χ4n) is 2.92. The Balaban J connectivity index is 0.00000242. The molecule has 1 aliphatic rings. The number of benzene rings is 1. The van der Waals surface area contributed by atoms with Crippen LogP contribution in [0.2, 0.25) is 0 Å². The van der Waals surface area contributed by atoms with Crippen molar-refractivity contribution in [1.29, 1.82) is 0 Å². The van der Waals surface area contributed by atoms with Crippen molar-refractivity contribution in [1.82, 2.24) is 5.32 Å². The average Bonchev–Trinajstić information content (AvgIpc) is 2.53. The molecule has 0 saturated heterocycles. The molecular formula is C15H22ClN3O3. The Morgan fingerprint density at radius 3 is 2.64 bits per heavy atom. The normalized spacial score (nSPS) is 16.4. The van der Waals surface area contributed by atoms with Crippen LogP contribution in [0.25, 0.3) is 0 Å². The second kappa shape index (κ2) is 8.70. The van der Waals surface area contributed by atoms with Crippen molar-refractivity contribution in [2.45, 2.75) is 38.1 Å². The largest absolute Gasteiger partial charge is 0.348 e. The third-order valence-corrected chi connectivity index (χ3v) is 4.11. The van der Waals surface area contributed by atoms with Crippen LogP contribution in [0.4, 0.5) is 5.69 Å². The van der Waals surface area contributed by atoms with Gasteiger partial charge in [0.25, 0.3) is 11.6 Å². The van der Waals surface area contributed by atoms with Crippen LogP contribution in [0.1, 0.15) is 42.5 Å². The topological polar surface area (TPSA) is 98.3 Å². The molecule has 0 heterocycles. The molecule has 0 radical (unpaired) electrons. The molecule has 0 aliphatic heterocycles. The molecule has 1 atom stereocenters. The molecular weight excluding hydrogens is 306 g/mol. The van der Waals surface area contributed by atoms with Gasteiger partial charge in [-0.3, -0.25) is 14.9 Å². The number of amides is 1. The van der Waals surface area contributed by atoms with Crippen molar-refractivity contribution >= 4 is 24.0 Å². The summed E-state index contributed by atoms with van der Waals surface area (Å²) >= 11 is 0. The molecule has 1 amide bonds. The summed E-state index contributed by atoms with van der Waals surface area (Å²) in [5, 5.41) is 13.7.